The van der Waals surface area contributed by atoms with E-state index >= 15 is 0 Å². The molecule has 2 aliphatic rings. The summed E-state index contributed by atoms with van der Waals surface area (Å²) in [5.41, 5.74) is -0.0233. The molecule has 0 amide bonds. The van der Waals surface area contributed by atoms with Crippen LogP contribution in [-0.2, 0) is 35.1 Å². The Morgan fingerprint density at radius 1 is 1.05 bits per heavy atom. The van der Waals surface area contributed by atoms with E-state index in [2.05, 4.69) is 20.8 Å². The van der Waals surface area contributed by atoms with E-state index in [0.29, 0.717) is 0 Å². The van der Waals surface area contributed by atoms with Gasteiger partial charge in [-0.05, 0) is 64.7 Å². The van der Waals surface area contributed by atoms with Crippen molar-refractivity contribution < 1.29 is 38.4 Å². The van der Waals surface area contributed by atoms with Crippen LogP contribution in [0.25, 0.3) is 0 Å². The van der Waals surface area contributed by atoms with Crippen molar-refractivity contribution in [3.63, 3.8) is 0 Å². The number of cyclic esters (lactones) is 1. The molecule has 0 bridgehead atoms. The van der Waals surface area contributed by atoms with Crippen molar-refractivity contribution in [3.05, 3.63) is 29.8 Å². The molecule has 1 N–H and O–H groups in total. The highest BCUT2D eigenvalue weighted by molar-refractivity contribution is 8.14. The first kappa shape index (κ1) is 34.8. The maximum atomic E-state index is 13.5. The van der Waals surface area contributed by atoms with Crippen LogP contribution in [0, 0.1) is 17.3 Å². The van der Waals surface area contributed by atoms with Crippen LogP contribution in [0.5, 0.6) is 5.75 Å². The molecule has 7 atom stereocenters. The van der Waals surface area contributed by atoms with Crippen molar-refractivity contribution in [2.45, 2.75) is 136 Å². The highest BCUT2D eigenvalue weighted by Crippen LogP contribution is 2.44. The Labute approximate surface area is 256 Å². The Morgan fingerprint density at radius 2 is 1.64 bits per heavy atom. The molecule has 1 aromatic carbocycles. The van der Waals surface area contributed by atoms with E-state index in [1.54, 1.807) is 21.0 Å². The van der Waals surface area contributed by atoms with Gasteiger partial charge in [0.05, 0.1) is 43.4 Å². The Kier molecular flexibility index (Phi) is 11.6. The Morgan fingerprint density at radius 3 is 2.19 bits per heavy atom. The number of benzene rings is 1. The summed E-state index contributed by atoms with van der Waals surface area (Å²) < 4.78 is 29.8. The second-order valence-corrected chi connectivity index (χ2v) is 14.4. The molecule has 0 radical (unpaired) electrons. The maximum Gasteiger partial charge on any atom is 0.314 e. The second kappa shape index (κ2) is 14.0. The standard InChI is InChI=1S/C33H52O8S/c1-11-33(12-2,13-3)42-29(35)21(5)26-20(4)25(40-32(8,9)41-26)18-24(34)27-28(31(6,7)30(36)39-27)38-19-22-14-16-23(37-10)17-15-22/h14-17,20-21,24-28,34H,11-13,18-19H2,1-10H3/t20-,21-,24-,25-,26-,27+,28-/m0/s1. The van der Waals surface area contributed by atoms with Crippen LogP contribution in [-0.4, -0.2) is 64.4 Å². The molecule has 0 spiro atoms. The third-order valence-electron chi connectivity index (χ3n) is 9.29. The molecule has 238 valence electrons. The second-order valence-electron chi connectivity index (χ2n) is 12.9. The molecule has 2 fully saturated rings. The van der Waals surface area contributed by atoms with Gasteiger partial charge >= 0.3 is 5.97 Å². The molecule has 2 heterocycles. The van der Waals surface area contributed by atoms with Gasteiger partial charge < -0.3 is 28.8 Å². The number of aliphatic hydroxyl groups is 1. The van der Waals surface area contributed by atoms with Crippen molar-refractivity contribution >= 4 is 22.8 Å². The van der Waals surface area contributed by atoms with Gasteiger partial charge in [0.1, 0.15) is 11.9 Å². The van der Waals surface area contributed by atoms with Crippen molar-refractivity contribution in [2.24, 2.45) is 17.3 Å². The first-order valence-electron chi connectivity index (χ1n) is 15.4. The predicted octanol–water partition coefficient (Wildman–Crippen LogP) is 6.30. The van der Waals surface area contributed by atoms with E-state index < -0.39 is 41.6 Å². The number of rotatable bonds is 13. The predicted molar refractivity (Wildman–Crippen MR) is 164 cm³/mol. The number of carbonyl (C=O) groups is 2. The zero-order valence-corrected chi connectivity index (χ0v) is 27.9. The fourth-order valence-corrected chi connectivity index (χ4v) is 7.28. The van der Waals surface area contributed by atoms with Gasteiger partial charge in [0.2, 0.25) is 0 Å². The van der Waals surface area contributed by atoms with Gasteiger partial charge in [-0.25, -0.2) is 0 Å². The lowest BCUT2D eigenvalue weighted by molar-refractivity contribution is -0.328. The summed E-state index contributed by atoms with van der Waals surface area (Å²) in [6.07, 6.45) is -0.401. The Balaban J connectivity index is 1.74. The van der Waals surface area contributed by atoms with Gasteiger partial charge in [0, 0.05) is 17.1 Å². The molecule has 2 aliphatic heterocycles. The molecule has 1 aromatic rings. The van der Waals surface area contributed by atoms with Crippen LogP contribution in [0.3, 0.4) is 0 Å². The lowest BCUT2D eigenvalue weighted by Gasteiger charge is -2.47. The van der Waals surface area contributed by atoms with E-state index in [1.807, 2.05) is 52.0 Å². The molecular formula is C33H52O8S. The van der Waals surface area contributed by atoms with E-state index in [1.165, 1.54) is 11.8 Å². The first-order valence-corrected chi connectivity index (χ1v) is 16.2. The van der Waals surface area contributed by atoms with Crippen LogP contribution in [0.15, 0.2) is 24.3 Å². The highest BCUT2D eigenvalue weighted by atomic mass is 32.2. The number of hydrogen-bond donors (Lipinski definition) is 1. The van der Waals surface area contributed by atoms with Crippen molar-refractivity contribution in [2.75, 3.05) is 7.11 Å². The first-order chi connectivity index (χ1) is 19.6. The molecule has 8 nitrogen and oxygen atoms in total. The SMILES string of the molecule is CCC(CC)(CC)SC(=O)[C@@H](C)[C@H]1OC(C)(C)O[C@@H](C[C@H](O)[C@H]2OC(=O)C(C)(C)[C@H]2OCc2ccc(OC)cc2)[C@@H]1C. The number of aliphatic hydroxyl groups excluding tert-OH is 1. The highest BCUT2D eigenvalue weighted by Gasteiger charge is 2.55. The van der Waals surface area contributed by atoms with Crippen LogP contribution in [0.4, 0.5) is 0 Å². The molecular weight excluding hydrogens is 556 g/mol. The molecule has 0 aromatic heterocycles. The zero-order chi connectivity index (χ0) is 31.5. The average molecular weight is 609 g/mol. The summed E-state index contributed by atoms with van der Waals surface area (Å²) in [5.74, 6) is -1.16. The van der Waals surface area contributed by atoms with Crippen molar-refractivity contribution in [1.29, 1.82) is 0 Å². The fourth-order valence-electron chi connectivity index (χ4n) is 6.10. The summed E-state index contributed by atoms with van der Waals surface area (Å²) in [5, 5.41) is 11.6. The monoisotopic (exact) mass is 608 g/mol. The van der Waals surface area contributed by atoms with Gasteiger partial charge in [-0.1, -0.05) is 58.5 Å². The molecule has 0 unspecified atom stereocenters. The van der Waals surface area contributed by atoms with Gasteiger partial charge in [-0.15, -0.1) is 0 Å². The zero-order valence-electron chi connectivity index (χ0n) is 27.1. The van der Waals surface area contributed by atoms with Crippen LogP contribution >= 0.6 is 11.8 Å². The van der Waals surface area contributed by atoms with E-state index in [-0.39, 0.29) is 40.8 Å². The Hall–Kier alpha value is -1.65. The van der Waals surface area contributed by atoms with Crippen LogP contribution in [0.1, 0.15) is 93.6 Å². The molecule has 3 rings (SSSR count). The lowest BCUT2D eigenvalue weighted by atomic mass is 9.81. The number of ether oxygens (including phenoxy) is 5. The fraction of sp³-hybridized carbons (Fsp3) is 0.758. The van der Waals surface area contributed by atoms with Crippen molar-refractivity contribution in [3.8, 4) is 5.75 Å². The van der Waals surface area contributed by atoms with Crippen molar-refractivity contribution in [1.82, 2.24) is 0 Å². The minimum Gasteiger partial charge on any atom is -0.497 e. The number of carbonyl (C=O) groups excluding carboxylic acids is 2. The summed E-state index contributed by atoms with van der Waals surface area (Å²) in [4.78, 5) is 26.4. The molecule has 9 heteroatoms. The van der Waals surface area contributed by atoms with Crippen LogP contribution < -0.4 is 4.74 Å². The number of methoxy groups -OCH3 is 1. The molecule has 0 saturated carbocycles. The summed E-state index contributed by atoms with van der Waals surface area (Å²) >= 11 is 1.45. The lowest BCUT2D eigenvalue weighted by Crippen LogP contribution is -2.55. The normalized spacial score (nSPS) is 28.6. The number of esters is 1. The van der Waals surface area contributed by atoms with Gasteiger partial charge in [-0.3, -0.25) is 9.59 Å². The topological polar surface area (TPSA) is 101 Å². The Bertz CT molecular complexity index is 1040. The summed E-state index contributed by atoms with van der Waals surface area (Å²) in [6.45, 7) is 17.8. The largest absolute Gasteiger partial charge is 0.497 e. The van der Waals surface area contributed by atoms with E-state index in [9.17, 15) is 14.7 Å². The van der Waals surface area contributed by atoms with Gasteiger partial charge in [0.25, 0.3) is 0 Å². The number of hydrogen-bond acceptors (Lipinski definition) is 9. The third kappa shape index (κ3) is 7.70. The van der Waals surface area contributed by atoms with E-state index in [0.717, 1.165) is 30.6 Å². The van der Waals surface area contributed by atoms with Gasteiger partial charge in [-0.2, -0.15) is 0 Å². The third-order valence-corrected chi connectivity index (χ3v) is 11.2. The quantitative estimate of drug-likeness (QED) is 0.259. The minimum absolute atomic E-state index is 0.0785. The maximum absolute atomic E-state index is 13.5. The molecule has 0 aliphatic carbocycles. The average Bonchev–Trinajstić information content (AvgIpc) is 3.19. The van der Waals surface area contributed by atoms with E-state index in [4.69, 9.17) is 23.7 Å². The smallest absolute Gasteiger partial charge is 0.314 e. The molecule has 2 saturated heterocycles. The van der Waals surface area contributed by atoms with Gasteiger partial charge in [0.15, 0.2) is 17.0 Å². The van der Waals surface area contributed by atoms with Crippen LogP contribution in [0.2, 0.25) is 0 Å². The summed E-state index contributed by atoms with van der Waals surface area (Å²) in [6, 6.07) is 7.51. The summed E-state index contributed by atoms with van der Waals surface area (Å²) in [7, 11) is 1.61. The minimum atomic E-state index is -1.04. The molecule has 42 heavy (non-hydrogen) atoms. The number of thioether (sulfide) groups is 1.